The van der Waals surface area contributed by atoms with Gasteiger partial charge in [0.2, 0.25) is 0 Å². The fourth-order valence-corrected chi connectivity index (χ4v) is 2.56. The molecule has 0 spiro atoms. The van der Waals surface area contributed by atoms with E-state index in [4.69, 9.17) is 4.74 Å². The number of methoxy groups -OCH3 is 1. The monoisotopic (exact) mass is 277 g/mol. The van der Waals surface area contributed by atoms with Gasteiger partial charge in [-0.05, 0) is 32.9 Å². The summed E-state index contributed by atoms with van der Waals surface area (Å²) in [7, 11) is 1.36. The van der Waals surface area contributed by atoms with Crippen molar-refractivity contribution in [3.05, 3.63) is 34.1 Å². The van der Waals surface area contributed by atoms with Crippen molar-refractivity contribution in [3.8, 4) is 0 Å². The third kappa shape index (κ3) is 2.90. The van der Waals surface area contributed by atoms with Gasteiger partial charge in [-0.2, -0.15) is 0 Å². The Morgan fingerprint density at radius 2 is 1.95 bits per heavy atom. The summed E-state index contributed by atoms with van der Waals surface area (Å²) in [6.07, 6.45) is 0. The molecule has 0 saturated heterocycles. The highest BCUT2D eigenvalue weighted by Gasteiger charge is 2.16. The summed E-state index contributed by atoms with van der Waals surface area (Å²) in [5, 5.41) is 3.84. The van der Waals surface area contributed by atoms with Gasteiger partial charge < -0.3 is 10.1 Å². The second-order valence-electron chi connectivity index (χ2n) is 4.14. The number of nitrogens with zero attached hydrogens (tertiary/aromatic N) is 2. The van der Waals surface area contributed by atoms with Crippen molar-refractivity contribution < 1.29 is 9.53 Å². The number of hydrogen-bond acceptors (Lipinski definition) is 6. The summed E-state index contributed by atoms with van der Waals surface area (Å²) >= 11 is 1.28. The van der Waals surface area contributed by atoms with E-state index in [9.17, 15) is 4.79 Å². The minimum Gasteiger partial charge on any atom is -0.465 e. The van der Waals surface area contributed by atoms with Crippen molar-refractivity contribution in [3.63, 3.8) is 0 Å². The zero-order valence-electron chi connectivity index (χ0n) is 11.3. The molecule has 0 amide bonds. The summed E-state index contributed by atoms with van der Waals surface area (Å²) in [6.45, 7) is 5.66. The van der Waals surface area contributed by atoms with Crippen LogP contribution in [0.1, 0.15) is 26.8 Å². The maximum atomic E-state index is 11.5. The summed E-state index contributed by atoms with van der Waals surface area (Å²) in [5.74, 6) is -0.359. The summed E-state index contributed by atoms with van der Waals surface area (Å²) in [6, 6.07) is 3.88. The van der Waals surface area contributed by atoms with Crippen LogP contribution in [0.4, 0.5) is 10.8 Å². The van der Waals surface area contributed by atoms with Crippen molar-refractivity contribution >= 4 is 28.1 Å². The molecule has 0 aliphatic rings. The van der Waals surface area contributed by atoms with E-state index < -0.39 is 0 Å². The van der Waals surface area contributed by atoms with Gasteiger partial charge in [-0.15, -0.1) is 0 Å². The SMILES string of the molecule is COC(=O)c1sc(Nc2ccc(C)nc2C)nc1C. The molecule has 19 heavy (non-hydrogen) atoms. The molecule has 5 nitrogen and oxygen atoms in total. The van der Waals surface area contributed by atoms with Gasteiger partial charge in [0, 0.05) is 5.69 Å². The normalized spacial score (nSPS) is 10.3. The molecule has 2 aromatic rings. The van der Waals surface area contributed by atoms with Crippen LogP contribution in [0.15, 0.2) is 12.1 Å². The maximum Gasteiger partial charge on any atom is 0.350 e. The lowest BCUT2D eigenvalue weighted by Crippen LogP contribution is -1.99. The number of thiazole rings is 1. The van der Waals surface area contributed by atoms with Crippen molar-refractivity contribution in [1.82, 2.24) is 9.97 Å². The van der Waals surface area contributed by atoms with E-state index in [-0.39, 0.29) is 5.97 Å². The van der Waals surface area contributed by atoms with Crippen molar-refractivity contribution in [2.24, 2.45) is 0 Å². The van der Waals surface area contributed by atoms with Crippen LogP contribution in [0.3, 0.4) is 0 Å². The molecule has 6 heteroatoms. The molecule has 0 atom stereocenters. The predicted octanol–water partition coefficient (Wildman–Crippen LogP) is 2.99. The molecule has 0 saturated carbocycles. The first kappa shape index (κ1) is 13.5. The molecule has 2 aromatic heterocycles. The van der Waals surface area contributed by atoms with Gasteiger partial charge in [-0.25, -0.2) is 9.78 Å². The number of aromatic nitrogens is 2. The molecule has 0 radical (unpaired) electrons. The van der Waals surface area contributed by atoms with Crippen LogP contribution in [0.5, 0.6) is 0 Å². The lowest BCUT2D eigenvalue weighted by atomic mass is 10.3. The van der Waals surface area contributed by atoms with Crippen LogP contribution in [0.25, 0.3) is 0 Å². The Bertz CT molecular complexity index is 622. The van der Waals surface area contributed by atoms with Gasteiger partial charge in [0.25, 0.3) is 0 Å². The molecule has 1 N–H and O–H groups in total. The van der Waals surface area contributed by atoms with E-state index in [1.54, 1.807) is 6.92 Å². The quantitative estimate of drug-likeness (QED) is 0.874. The first-order chi connectivity index (χ1) is 9.01. The largest absolute Gasteiger partial charge is 0.465 e. The number of carbonyl (C=O) groups is 1. The average Bonchev–Trinajstić information content (AvgIpc) is 2.73. The molecule has 0 aromatic carbocycles. The molecule has 0 bridgehead atoms. The summed E-state index contributed by atoms with van der Waals surface area (Å²) in [4.78, 5) is 20.7. The summed E-state index contributed by atoms with van der Waals surface area (Å²) < 4.78 is 4.71. The lowest BCUT2D eigenvalue weighted by Gasteiger charge is -2.06. The molecule has 100 valence electrons. The number of rotatable bonds is 3. The zero-order valence-corrected chi connectivity index (χ0v) is 12.1. The second-order valence-corrected chi connectivity index (χ2v) is 5.13. The number of carbonyl (C=O) groups excluding carboxylic acids is 1. The molecular weight excluding hydrogens is 262 g/mol. The highest BCUT2D eigenvalue weighted by Crippen LogP contribution is 2.27. The van der Waals surface area contributed by atoms with Crippen LogP contribution in [-0.4, -0.2) is 23.0 Å². The lowest BCUT2D eigenvalue weighted by molar-refractivity contribution is 0.0605. The maximum absolute atomic E-state index is 11.5. The van der Waals surface area contributed by atoms with E-state index in [0.717, 1.165) is 17.1 Å². The van der Waals surface area contributed by atoms with E-state index in [0.29, 0.717) is 15.7 Å². The Labute approximate surface area is 115 Å². The Hall–Kier alpha value is -1.95. The van der Waals surface area contributed by atoms with E-state index >= 15 is 0 Å². The number of aryl methyl sites for hydroxylation is 3. The highest BCUT2D eigenvalue weighted by atomic mass is 32.1. The van der Waals surface area contributed by atoms with Crippen LogP contribution in [-0.2, 0) is 4.74 Å². The van der Waals surface area contributed by atoms with Crippen molar-refractivity contribution in [1.29, 1.82) is 0 Å². The Kier molecular flexibility index (Phi) is 3.80. The first-order valence-corrected chi connectivity index (χ1v) is 6.60. The zero-order chi connectivity index (χ0) is 14.0. The van der Waals surface area contributed by atoms with Crippen molar-refractivity contribution in [2.45, 2.75) is 20.8 Å². The summed E-state index contributed by atoms with van der Waals surface area (Å²) in [5.41, 5.74) is 3.41. The Morgan fingerprint density at radius 1 is 1.21 bits per heavy atom. The standard InChI is InChI=1S/C13H15N3O2S/c1-7-5-6-10(8(2)14-7)16-13-15-9(3)11(19-13)12(17)18-4/h5-6H,1-4H3,(H,15,16). The Morgan fingerprint density at radius 3 is 2.58 bits per heavy atom. The third-order valence-electron chi connectivity index (χ3n) is 2.63. The highest BCUT2D eigenvalue weighted by molar-refractivity contribution is 7.17. The van der Waals surface area contributed by atoms with Gasteiger partial charge in [-0.1, -0.05) is 11.3 Å². The minimum absolute atomic E-state index is 0.359. The topological polar surface area (TPSA) is 64.1 Å². The van der Waals surface area contributed by atoms with Gasteiger partial charge in [0.05, 0.1) is 24.2 Å². The number of pyridine rings is 1. The van der Waals surface area contributed by atoms with E-state index in [2.05, 4.69) is 15.3 Å². The van der Waals surface area contributed by atoms with Crippen LogP contribution >= 0.6 is 11.3 Å². The molecule has 0 aliphatic heterocycles. The number of esters is 1. The smallest absolute Gasteiger partial charge is 0.350 e. The van der Waals surface area contributed by atoms with Gasteiger partial charge in [0.1, 0.15) is 4.88 Å². The average molecular weight is 277 g/mol. The predicted molar refractivity (Wildman–Crippen MR) is 75.2 cm³/mol. The fourth-order valence-electron chi connectivity index (χ4n) is 1.67. The van der Waals surface area contributed by atoms with E-state index in [1.807, 2.05) is 26.0 Å². The van der Waals surface area contributed by atoms with Crippen LogP contribution in [0, 0.1) is 20.8 Å². The molecule has 0 fully saturated rings. The molecule has 0 unspecified atom stereocenters. The number of hydrogen-bond donors (Lipinski definition) is 1. The second kappa shape index (κ2) is 5.36. The fraction of sp³-hybridized carbons (Fsp3) is 0.308. The molecule has 0 aliphatic carbocycles. The number of ether oxygens (including phenoxy) is 1. The number of nitrogens with one attached hydrogen (secondary N) is 1. The van der Waals surface area contributed by atoms with E-state index in [1.165, 1.54) is 18.4 Å². The number of anilines is 2. The molecule has 2 heterocycles. The third-order valence-corrected chi connectivity index (χ3v) is 3.69. The van der Waals surface area contributed by atoms with Crippen LogP contribution < -0.4 is 5.32 Å². The Balaban J connectivity index is 2.26. The van der Waals surface area contributed by atoms with Crippen molar-refractivity contribution in [2.75, 3.05) is 12.4 Å². The van der Waals surface area contributed by atoms with Crippen LogP contribution in [0.2, 0.25) is 0 Å². The van der Waals surface area contributed by atoms with Gasteiger partial charge in [-0.3, -0.25) is 4.98 Å². The first-order valence-electron chi connectivity index (χ1n) is 5.78. The van der Waals surface area contributed by atoms with Gasteiger partial charge in [0.15, 0.2) is 5.13 Å². The molecule has 2 rings (SSSR count). The molecular formula is C13H15N3O2S. The minimum atomic E-state index is -0.359. The van der Waals surface area contributed by atoms with Gasteiger partial charge >= 0.3 is 5.97 Å².